The SMILES string of the molecule is COC(=O)c1nc(C)n(-c2ccc3ncccc3c2)c1N. The molecule has 3 rings (SSSR count). The number of hydrogen-bond acceptors (Lipinski definition) is 5. The molecule has 0 aliphatic carbocycles. The first kappa shape index (κ1) is 13.1. The van der Waals surface area contributed by atoms with Crippen LogP contribution in [0.15, 0.2) is 36.5 Å². The van der Waals surface area contributed by atoms with Gasteiger partial charge in [-0.1, -0.05) is 6.07 Å². The minimum atomic E-state index is -0.545. The Morgan fingerprint density at radius 3 is 2.90 bits per heavy atom. The van der Waals surface area contributed by atoms with Crippen LogP contribution in [-0.2, 0) is 4.74 Å². The summed E-state index contributed by atoms with van der Waals surface area (Å²) in [5, 5.41) is 0.988. The van der Waals surface area contributed by atoms with Gasteiger partial charge < -0.3 is 10.5 Å². The van der Waals surface area contributed by atoms with Crippen LogP contribution in [0.1, 0.15) is 16.3 Å². The molecule has 2 aromatic heterocycles. The fourth-order valence-corrected chi connectivity index (χ4v) is 2.32. The molecule has 1 aromatic carbocycles. The Hall–Kier alpha value is -2.89. The number of rotatable bonds is 2. The van der Waals surface area contributed by atoms with Gasteiger partial charge in [0.1, 0.15) is 11.6 Å². The van der Waals surface area contributed by atoms with E-state index in [4.69, 9.17) is 5.73 Å². The number of benzene rings is 1. The third kappa shape index (κ3) is 2.10. The Bertz CT molecular complexity index is 839. The second kappa shape index (κ2) is 4.90. The largest absolute Gasteiger partial charge is 0.464 e. The lowest BCUT2D eigenvalue weighted by molar-refractivity contribution is 0.0596. The first-order valence-electron chi connectivity index (χ1n) is 6.40. The molecule has 0 saturated heterocycles. The Morgan fingerprint density at radius 2 is 2.14 bits per heavy atom. The van der Waals surface area contributed by atoms with Gasteiger partial charge >= 0.3 is 5.97 Å². The summed E-state index contributed by atoms with van der Waals surface area (Å²) in [4.78, 5) is 20.1. The van der Waals surface area contributed by atoms with Crippen LogP contribution in [0.5, 0.6) is 0 Å². The Kier molecular flexibility index (Phi) is 3.06. The molecule has 0 saturated carbocycles. The highest BCUT2D eigenvalue weighted by Gasteiger charge is 2.20. The Balaban J connectivity index is 2.18. The summed E-state index contributed by atoms with van der Waals surface area (Å²) < 4.78 is 6.41. The molecule has 6 nitrogen and oxygen atoms in total. The van der Waals surface area contributed by atoms with Gasteiger partial charge in [-0.25, -0.2) is 9.78 Å². The normalized spacial score (nSPS) is 10.8. The van der Waals surface area contributed by atoms with E-state index in [1.54, 1.807) is 17.7 Å². The number of ether oxygens (including phenoxy) is 1. The van der Waals surface area contributed by atoms with Crippen molar-refractivity contribution in [3.05, 3.63) is 48.0 Å². The number of carbonyl (C=O) groups is 1. The van der Waals surface area contributed by atoms with Crippen LogP contribution in [0, 0.1) is 6.92 Å². The summed E-state index contributed by atoms with van der Waals surface area (Å²) in [5.41, 5.74) is 7.89. The monoisotopic (exact) mass is 282 g/mol. The van der Waals surface area contributed by atoms with Gasteiger partial charge in [0.2, 0.25) is 0 Å². The minimum absolute atomic E-state index is 0.126. The smallest absolute Gasteiger partial charge is 0.360 e. The van der Waals surface area contributed by atoms with E-state index < -0.39 is 5.97 Å². The number of nitrogens with two attached hydrogens (primary N) is 1. The summed E-state index contributed by atoms with van der Waals surface area (Å²) >= 11 is 0. The Morgan fingerprint density at radius 1 is 1.33 bits per heavy atom. The molecule has 21 heavy (non-hydrogen) atoms. The molecule has 0 spiro atoms. The molecule has 2 N–H and O–H groups in total. The van der Waals surface area contributed by atoms with E-state index in [1.807, 2.05) is 30.3 Å². The number of anilines is 1. The number of esters is 1. The van der Waals surface area contributed by atoms with E-state index in [2.05, 4.69) is 14.7 Å². The van der Waals surface area contributed by atoms with E-state index in [-0.39, 0.29) is 11.5 Å². The fraction of sp³-hybridized carbons (Fsp3) is 0.133. The molecule has 106 valence electrons. The maximum absolute atomic E-state index is 11.7. The zero-order valence-corrected chi connectivity index (χ0v) is 11.7. The van der Waals surface area contributed by atoms with Crippen LogP contribution >= 0.6 is 0 Å². The van der Waals surface area contributed by atoms with Gasteiger partial charge in [0.25, 0.3) is 0 Å². The fourth-order valence-electron chi connectivity index (χ4n) is 2.32. The van der Waals surface area contributed by atoms with Gasteiger partial charge in [-0.3, -0.25) is 9.55 Å². The van der Waals surface area contributed by atoms with E-state index >= 15 is 0 Å². The van der Waals surface area contributed by atoms with Crippen molar-refractivity contribution in [1.82, 2.24) is 14.5 Å². The zero-order chi connectivity index (χ0) is 15.0. The summed E-state index contributed by atoms with van der Waals surface area (Å²) in [6, 6.07) is 9.59. The van der Waals surface area contributed by atoms with Gasteiger partial charge in [-0.15, -0.1) is 0 Å². The number of hydrogen-bond donors (Lipinski definition) is 1. The molecule has 0 unspecified atom stereocenters. The topological polar surface area (TPSA) is 83.0 Å². The molecule has 0 bridgehead atoms. The standard InChI is InChI=1S/C15H14N4O2/c1-9-18-13(15(20)21-2)14(16)19(9)11-5-6-12-10(8-11)4-3-7-17-12/h3-8H,16H2,1-2H3. The minimum Gasteiger partial charge on any atom is -0.464 e. The highest BCUT2D eigenvalue weighted by molar-refractivity contribution is 5.93. The predicted octanol–water partition coefficient (Wildman–Crippen LogP) is 2.10. The molecule has 3 aromatic rings. The quantitative estimate of drug-likeness (QED) is 0.728. The number of carbonyl (C=O) groups excluding carboxylic acids is 1. The predicted molar refractivity (Wildman–Crippen MR) is 79.4 cm³/mol. The molecule has 6 heteroatoms. The second-order valence-electron chi connectivity index (χ2n) is 4.60. The maximum Gasteiger partial charge on any atom is 0.360 e. The number of aromatic nitrogens is 3. The molecule has 0 aliphatic rings. The summed E-state index contributed by atoms with van der Waals surface area (Å²) in [6.07, 6.45) is 1.74. The highest BCUT2D eigenvalue weighted by Crippen LogP contribution is 2.23. The van der Waals surface area contributed by atoms with Crippen molar-refractivity contribution >= 4 is 22.7 Å². The lowest BCUT2D eigenvalue weighted by Crippen LogP contribution is -2.07. The van der Waals surface area contributed by atoms with Crippen LogP contribution in [0.25, 0.3) is 16.6 Å². The molecule has 0 atom stereocenters. The zero-order valence-electron chi connectivity index (χ0n) is 11.7. The van der Waals surface area contributed by atoms with Crippen molar-refractivity contribution in [1.29, 1.82) is 0 Å². The number of aryl methyl sites for hydroxylation is 1. The van der Waals surface area contributed by atoms with Crippen molar-refractivity contribution < 1.29 is 9.53 Å². The first-order valence-corrected chi connectivity index (χ1v) is 6.40. The van der Waals surface area contributed by atoms with Gasteiger partial charge in [0.15, 0.2) is 5.69 Å². The highest BCUT2D eigenvalue weighted by atomic mass is 16.5. The van der Waals surface area contributed by atoms with Crippen molar-refractivity contribution in [2.24, 2.45) is 0 Å². The van der Waals surface area contributed by atoms with E-state index in [9.17, 15) is 4.79 Å². The van der Waals surface area contributed by atoms with Gasteiger partial charge in [-0.05, 0) is 31.2 Å². The van der Waals surface area contributed by atoms with Crippen LogP contribution in [0.4, 0.5) is 5.82 Å². The lowest BCUT2D eigenvalue weighted by atomic mass is 10.2. The van der Waals surface area contributed by atoms with Gasteiger partial charge in [0.05, 0.1) is 12.6 Å². The van der Waals surface area contributed by atoms with E-state index in [0.29, 0.717) is 5.82 Å². The number of methoxy groups -OCH3 is 1. The lowest BCUT2D eigenvalue weighted by Gasteiger charge is -2.08. The van der Waals surface area contributed by atoms with Crippen LogP contribution < -0.4 is 5.73 Å². The van der Waals surface area contributed by atoms with Crippen LogP contribution in [-0.4, -0.2) is 27.6 Å². The van der Waals surface area contributed by atoms with E-state index in [0.717, 1.165) is 16.6 Å². The number of nitrogens with zero attached hydrogens (tertiary/aromatic N) is 3. The van der Waals surface area contributed by atoms with Gasteiger partial charge in [-0.2, -0.15) is 0 Å². The molecule has 0 aliphatic heterocycles. The number of nitrogen functional groups attached to an aromatic ring is 1. The first-order chi connectivity index (χ1) is 10.1. The molecule has 0 fully saturated rings. The second-order valence-corrected chi connectivity index (χ2v) is 4.60. The molecule has 0 radical (unpaired) electrons. The average molecular weight is 282 g/mol. The van der Waals surface area contributed by atoms with Crippen LogP contribution in [0.3, 0.4) is 0 Å². The molecular formula is C15H14N4O2. The van der Waals surface area contributed by atoms with E-state index in [1.165, 1.54) is 7.11 Å². The van der Waals surface area contributed by atoms with Gasteiger partial charge in [0, 0.05) is 17.3 Å². The van der Waals surface area contributed by atoms with Crippen LogP contribution in [0.2, 0.25) is 0 Å². The molecule has 2 heterocycles. The number of fused-ring (bicyclic) bond motifs is 1. The third-order valence-corrected chi connectivity index (χ3v) is 3.30. The summed E-state index contributed by atoms with van der Waals surface area (Å²) in [7, 11) is 1.30. The Labute approximate surface area is 121 Å². The summed E-state index contributed by atoms with van der Waals surface area (Å²) in [6.45, 7) is 1.79. The third-order valence-electron chi connectivity index (χ3n) is 3.30. The van der Waals surface area contributed by atoms with Crippen molar-refractivity contribution in [2.75, 3.05) is 12.8 Å². The number of pyridine rings is 1. The average Bonchev–Trinajstić information content (AvgIpc) is 2.81. The van der Waals surface area contributed by atoms with Crippen molar-refractivity contribution in [2.45, 2.75) is 6.92 Å². The van der Waals surface area contributed by atoms with Crippen molar-refractivity contribution in [3.8, 4) is 5.69 Å². The van der Waals surface area contributed by atoms with Crippen molar-refractivity contribution in [3.63, 3.8) is 0 Å². The molecule has 0 amide bonds. The maximum atomic E-state index is 11.7. The number of imidazole rings is 1. The molecular weight excluding hydrogens is 268 g/mol. The summed E-state index contributed by atoms with van der Waals surface area (Å²) in [5.74, 6) is 0.343.